The van der Waals surface area contributed by atoms with E-state index in [-0.39, 0.29) is 18.4 Å². The molecule has 2 unspecified atom stereocenters. The van der Waals surface area contributed by atoms with E-state index in [9.17, 15) is 4.79 Å². The Balaban J connectivity index is 1.81. The first-order chi connectivity index (χ1) is 14.9. The van der Waals surface area contributed by atoms with Crippen LogP contribution in [0.5, 0.6) is 17.2 Å². The smallest absolute Gasteiger partial charge is 0.341 e. The lowest BCUT2D eigenvalue weighted by Gasteiger charge is -2.45. The summed E-state index contributed by atoms with van der Waals surface area (Å²) in [6.07, 6.45) is 0. The van der Waals surface area contributed by atoms with E-state index >= 15 is 0 Å². The van der Waals surface area contributed by atoms with Gasteiger partial charge in [0, 0.05) is 23.5 Å². The normalized spacial score (nSPS) is 19.1. The van der Waals surface area contributed by atoms with Crippen LogP contribution in [0.3, 0.4) is 0 Å². The lowest BCUT2D eigenvalue weighted by Crippen LogP contribution is -2.43. The minimum atomic E-state index is -0.998. The molecule has 0 saturated carbocycles. The van der Waals surface area contributed by atoms with Crippen LogP contribution >= 0.6 is 0 Å². The van der Waals surface area contributed by atoms with Crippen molar-refractivity contribution in [2.75, 3.05) is 13.7 Å². The summed E-state index contributed by atoms with van der Waals surface area (Å²) in [6, 6.07) is 24.0. The highest BCUT2D eigenvalue weighted by Crippen LogP contribution is 2.53. The predicted octanol–water partition coefficient (Wildman–Crippen LogP) is 5.25. The van der Waals surface area contributed by atoms with Crippen LogP contribution in [0.2, 0.25) is 0 Å². The molecule has 0 amide bonds. The highest BCUT2D eigenvalue weighted by Gasteiger charge is 2.45. The molecular formula is C26H26O5. The zero-order chi connectivity index (χ0) is 22.0. The van der Waals surface area contributed by atoms with Gasteiger partial charge < -0.3 is 19.3 Å². The number of ether oxygens (including phenoxy) is 3. The van der Waals surface area contributed by atoms with Crippen molar-refractivity contribution in [2.24, 2.45) is 0 Å². The van der Waals surface area contributed by atoms with Gasteiger partial charge in [-0.2, -0.15) is 0 Å². The number of hydrogen-bond acceptors (Lipinski definition) is 4. The molecule has 1 heterocycles. The second kappa shape index (κ2) is 8.34. The van der Waals surface area contributed by atoms with E-state index in [1.54, 1.807) is 7.11 Å². The molecule has 0 aliphatic carbocycles. The molecular weight excluding hydrogens is 392 g/mol. The van der Waals surface area contributed by atoms with Crippen molar-refractivity contribution in [3.8, 4) is 17.2 Å². The number of hydrogen-bond donors (Lipinski definition) is 1. The Morgan fingerprint density at radius 3 is 2.29 bits per heavy atom. The molecule has 5 nitrogen and oxygen atoms in total. The fourth-order valence-corrected chi connectivity index (χ4v) is 4.46. The molecule has 0 saturated heterocycles. The predicted molar refractivity (Wildman–Crippen MR) is 118 cm³/mol. The van der Waals surface area contributed by atoms with E-state index in [1.165, 1.54) is 5.56 Å². The maximum Gasteiger partial charge on any atom is 0.341 e. The summed E-state index contributed by atoms with van der Waals surface area (Å²) in [5.74, 6) is 1.21. The van der Waals surface area contributed by atoms with Crippen LogP contribution in [0.1, 0.15) is 42.4 Å². The zero-order valence-corrected chi connectivity index (χ0v) is 17.9. The minimum absolute atomic E-state index is 0.0422. The van der Waals surface area contributed by atoms with Gasteiger partial charge in [-0.15, -0.1) is 0 Å². The van der Waals surface area contributed by atoms with Crippen molar-refractivity contribution < 1.29 is 24.1 Å². The van der Waals surface area contributed by atoms with Crippen molar-refractivity contribution in [1.29, 1.82) is 0 Å². The summed E-state index contributed by atoms with van der Waals surface area (Å²) in [5, 5.41) is 8.85. The van der Waals surface area contributed by atoms with E-state index in [1.807, 2.05) is 42.5 Å². The lowest BCUT2D eigenvalue weighted by molar-refractivity contribution is -0.139. The van der Waals surface area contributed by atoms with Gasteiger partial charge in [-0.25, -0.2) is 4.79 Å². The van der Waals surface area contributed by atoms with E-state index in [4.69, 9.17) is 19.3 Å². The second-order valence-corrected chi connectivity index (χ2v) is 8.23. The number of carbonyl (C=O) groups is 1. The maximum atomic E-state index is 10.8. The average molecular weight is 418 g/mol. The molecule has 0 aromatic heterocycles. The summed E-state index contributed by atoms with van der Waals surface area (Å²) >= 11 is 0. The number of aliphatic carboxylic acids is 1. The number of carboxylic acid groups (broad SMARTS) is 1. The number of benzene rings is 3. The highest BCUT2D eigenvalue weighted by atomic mass is 16.5. The Morgan fingerprint density at radius 2 is 1.65 bits per heavy atom. The first kappa shape index (κ1) is 20.8. The Labute approximate surface area is 182 Å². The fraction of sp³-hybridized carbons (Fsp3) is 0.269. The Hall–Kier alpha value is -3.47. The van der Waals surface area contributed by atoms with Gasteiger partial charge in [0.1, 0.15) is 22.8 Å². The SMILES string of the molecule is COc1ccc2c(c1)OC(C)(C)C(c1ccccc1)C2c1ccc(OCC(=O)O)cc1. The van der Waals surface area contributed by atoms with Crippen LogP contribution in [0, 0.1) is 0 Å². The maximum absolute atomic E-state index is 10.8. The first-order valence-corrected chi connectivity index (χ1v) is 10.3. The molecule has 2 atom stereocenters. The van der Waals surface area contributed by atoms with Gasteiger partial charge in [-0.05, 0) is 43.2 Å². The third-order valence-electron chi connectivity index (χ3n) is 5.77. The molecule has 1 N–H and O–H groups in total. The van der Waals surface area contributed by atoms with Crippen molar-refractivity contribution in [2.45, 2.75) is 31.3 Å². The van der Waals surface area contributed by atoms with Gasteiger partial charge in [0.15, 0.2) is 6.61 Å². The van der Waals surface area contributed by atoms with Gasteiger partial charge in [0.05, 0.1) is 7.11 Å². The van der Waals surface area contributed by atoms with Gasteiger partial charge in [0.25, 0.3) is 0 Å². The van der Waals surface area contributed by atoms with Gasteiger partial charge in [-0.1, -0.05) is 48.5 Å². The lowest BCUT2D eigenvalue weighted by atomic mass is 9.68. The van der Waals surface area contributed by atoms with Crippen molar-refractivity contribution in [3.63, 3.8) is 0 Å². The fourth-order valence-electron chi connectivity index (χ4n) is 4.46. The second-order valence-electron chi connectivity index (χ2n) is 8.23. The monoisotopic (exact) mass is 418 g/mol. The summed E-state index contributed by atoms with van der Waals surface area (Å²) in [5.41, 5.74) is 2.93. The van der Waals surface area contributed by atoms with Crippen LogP contribution in [0.25, 0.3) is 0 Å². The molecule has 5 heteroatoms. The minimum Gasteiger partial charge on any atom is -0.497 e. The molecule has 0 radical (unpaired) electrons. The molecule has 1 aliphatic heterocycles. The van der Waals surface area contributed by atoms with E-state index < -0.39 is 11.6 Å². The summed E-state index contributed by atoms with van der Waals surface area (Å²) < 4.78 is 17.2. The number of fused-ring (bicyclic) bond motifs is 1. The Bertz CT molecular complexity index is 1060. The van der Waals surface area contributed by atoms with Crippen molar-refractivity contribution >= 4 is 5.97 Å². The third kappa shape index (κ3) is 4.22. The largest absolute Gasteiger partial charge is 0.497 e. The molecule has 160 valence electrons. The van der Waals surface area contributed by atoms with Crippen LogP contribution in [0.15, 0.2) is 72.8 Å². The first-order valence-electron chi connectivity index (χ1n) is 10.3. The van der Waals surface area contributed by atoms with Gasteiger partial charge in [0.2, 0.25) is 0 Å². The zero-order valence-electron chi connectivity index (χ0n) is 17.9. The van der Waals surface area contributed by atoms with E-state index in [2.05, 4.69) is 44.2 Å². The standard InChI is InChI=1S/C26H26O5/c1-26(2)25(18-7-5-4-6-8-18)24(21-14-13-20(29-3)15-22(21)31-26)17-9-11-19(12-10-17)30-16-23(27)28/h4-15,24-25H,16H2,1-3H3,(H,27,28). The van der Waals surface area contributed by atoms with E-state index in [0.29, 0.717) is 5.75 Å². The summed E-state index contributed by atoms with van der Waals surface area (Å²) in [6.45, 7) is 3.87. The topological polar surface area (TPSA) is 65.0 Å². The van der Waals surface area contributed by atoms with Crippen LogP contribution in [0.4, 0.5) is 0 Å². The Kier molecular flexibility index (Phi) is 5.59. The highest BCUT2D eigenvalue weighted by molar-refractivity contribution is 5.68. The Morgan fingerprint density at radius 1 is 0.968 bits per heavy atom. The van der Waals surface area contributed by atoms with Crippen molar-refractivity contribution in [1.82, 2.24) is 0 Å². The third-order valence-corrected chi connectivity index (χ3v) is 5.77. The van der Waals surface area contributed by atoms with Crippen LogP contribution in [-0.2, 0) is 4.79 Å². The number of carboxylic acids is 1. The summed E-state index contributed by atoms with van der Waals surface area (Å²) in [4.78, 5) is 10.8. The van der Waals surface area contributed by atoms with Crippen LogP contribution in [-0.4, -0.2) is 30.4 Å². The molecule has 3 aromatic carbocycles. The van der Waals surface area contributed by atoms with Gasteiger partial charge >= 0.3 is 5.97 Å². The van der Waals surface area contributed by atoms with Gasteiger partial charge in [-0.3, -0.25) is 0 Å². The molecule has 0 bridgehead atoms. The number of rotatable bonds is 6. The molecule has 3 aromatic rings. The molecule has 31 heavy (non-hydrogen) atoms. The number of methoxy groups -OCH3 is 1. The molecule has 1 aliphatic rings. The summed E-state index contributed by atoms with van der Waals surface area (Å²) in [7, 11) is 1.65. The quantitative estimate of drug-likeness (QED) is 0.593. The van der Waals surface area contributed by atoms with E-state index in [0.717, 1.165) is 22.6 Å². The molecule has 0 spiro atoms. The van der Waals surface area contributed by atoms with Crippen molar-refractivity contribution in [3.05, 3.63) is 89.5 Å². The average Bonchev–Trinajstić information content (AvgIpc) is 2.76. The molecule has 4 rings (SSSR count). The molecule has 0 fully saturated rings. The van der Waals surface area contributed by atoms with Crippen LogP contribution < -0.4 is 14.2 Å².